The lowest BCUT2D eigenvalue weighted by atomic mass is 10.2. The Morgan fingerprint density at radius 2 is 2.00 bits per heavy atom. The standard InChI is InChI=1S/C12H14N4O3/c1-6(2)16-5-11(18)7-3-8(14-15-12(13)19)10(17)4-9(7)16/h3-6,17-18H,1-2H3,(H2,13,19). The van der Waals surface area contributed by atoms with Crippen molar-refractivity contribution in [2.75, 3.05) is 0 Å². The van der Waals surface area contributed by atoms with E-state index in [4.69, 9.17) is 5.73 Å². The third-order valence-electron chi connectivity index (χ3n) is 2.72. The molecule has 100 valence electrons. The Labute approximate surface area is 109 Å². The molecule has 2 aromatic rings. The normalized spacial score (nSPS) is 11.7. The van der Waals surface area contributed by atoms with Crippen molar-refractivity contribution in [3.63, 3.8) is 0 Å². The minimum absolute atomic E-state index is 0.0687. The molecule has 2 rings (SSSR count). The summed E-state index contributed by atoms with van der Waals surface area (Å²) in [5, 5.41) is 26.9. The Hall–Kier alpha value is -2.57. The van der Waals surface area contributed by atoms with E-state index in [-0.39, 0.29) is 23.2 Å². The fraction of sp³-hybridized carbons (Fsp3) is 0.250. The van der Waals surface area contributed by atoms with Gasteiger partial charge in [0.2, 0.25) is 0 Å². The highest BCUT2D eigenvalue weighted by Crippen LogP contribution is 2.38. The van der Waals surface area contributed by atoms with Gasteiger partial charge in [-0.1, -0.05) is 5.11 Å². The van der Waals surface area contributed by atoms with E-state index < -0.39 is 6.03 Å². The number of rotatable bonds is 2. The molecule has 0 spiro atoms. The van der Waals surface area contributed by atoms with Crippen LogP contribution in [0.5, 0.6) is 11.5 Å². The minimum atomic E-state index is -0.955. The van der Waals surface area contributed by atoms with Gasteiger partial charge >= 0.3 is 6.03 Å². The quantitative estimate of drug-likeness (QED) is 0.723. The lowest BCUT2D eigenvalue weighted by Gasteiger charge is -2.09. The molecule has 1 aromatic carbocycles. The number of amides is 2. The summed E-state index contributed by atoms with van der Waals surface area (Å²) in [6.45, 7) is 3.91. The van der Waals surface area contributed by atoms with Gasteiger partial charge in [-0.15, -0.1) is 5.11 Å². The van der Waals surface area contributed by atoms with Crippen molar-refractivity contribution in [2.45, 2.75) is 19.9 Å². The number of urea groups is 1. The van der Waals surface area contributed by atoms with Crippen LogP contribution in [0.1, 0.15) is 19.9 Å². The monoisotopic (exact) mass is 262 g/mol. The van der Waals surface area contributed by atoms with Crippen molar-refractivity contribution < 1.29 is 15.0 Å². The molecule has 0 fully saturated rings. The smallest absolute Gasteiger partial charge is 0.356 e. The van der Waals surface area contributed by atoms with Crippen molar-refractivity contribution >= 4 is 22.6 Å². The molecule has 0 saturated carbocycles. The molecular formula is C12H14N4O3. The number of carbonyl (C=O) groups is 1. The second-order valence-electron chi connectivity index (χ2n) is 4.41. The number of benzene rings is 1. The van der Waals surface area contributed by atoms with Crippen LogP contribution in [0.15, 0.2) is 28.6 Å². The number of fused-ring (bicyclic) bond motifs is 1. The maximum absolute atomic E-state index is 10.5. The van der Waals surface area contributed by atoms with E-state index >= 15 is 0 Å². The van der Waals surface area contributed by atoms with E-state index in [0.717, 1.165) is 0 Å². The highest BCUT2D eigenvalue weighted by Gasteiger charge is 2.13. The molecule has 0 aliphatic rings. The number of phenols is 1. The molecule has 1 heterocycles. The SMILES string of the molecule is CC(C)n1cc(O)c2cc(N=NC(N)=O)c(O)cc21. The Bertz CT molecular complexity index is 673. The Balaban J connectivity index is 2.63. The average molecular weight is 262 g/mol. The van der Waals surface area contributed by atoms with Crippen molar-refractivity contribution in [1.82, 2.24) is 4.57 Å². The Kier molecular flexibility index (Phi) is 3.12. The lowest BCUT2D eigenvalue weighted by molar-refractivity contribution is 0.255. The summed E-state index contributed by atoms with van der Waals surface area (Å²) in [7, 11) is 0. The van der Waals surface area contributed by atoms with Crippen LogP contribution in [0.4, 0.5) is 10.5 Å². The molecule has 0 saturated heterocycles. The molecule has 7 heteroatoms. The predicted octanol–water partition coefficient (Wildman–Crippen LogP) is 2.80. The van der Waals surface area contributed by atoms with Crippen LogP contribution in [0.2, 0.25) is 0 Å². The van der Waals surface area contributed by atoms with Gasteiger partial charge in [0.25, 0.3) is 0 Å². The van der Waals surface area contributed by atoms with Gasteiger partial charge in [-0.2, -0.15) is 0 Å². The van der Waals surface area contributed by atoms with E-state index in [2.05, 4.69) is 10.2 Å². The number of carbonyl (C=O) groups excluding carboxylic acids is 1. The van der Waals surface area contributed by atoms with E-state index in [1.807, 2.05) is 18.4 Å². The van der Waals surface area contributed by atoms with Gasteiger partial charge in [0, 0.05) is 23.7 Å². The third-order valence-corrected chi connectivity index (χ3v) is 2.72. The van der Waals surface area contributed by atoms with Crippen LogP contribution in [0.3, 0.4) is 0 Å². The fourth-order valence-electron chi connectivity index (χ4n) is 1.87. The maximum Gasteiger partial charge on any atom is 0.356 e. The topological polar surface area (TPSA) is 113 Å². The number of azo groups is 1. The first kappa shape index (κ1) is 12.9. The Morgan fingerprint density at radius 1 is 1.32 bits per heavy atom. The molecule has 0 aliphatic heterocycles. The first-order valence-electron chi connectivity index (χ1n) is 5.68. The largest absolute Gasteiger partial charge is 0.506 e. The lowest BCUT2D eigenvalue weighted by Crippen LogP contribution is -2.01. The van der Waals surface area contributed by atoms with Crippen LogP contribution in [0, 0.1) is 0 Å². The summed E-state index contributed by atoms with van der Waals surface area (Å²) in [6.07, 6.45) is 1.57. The summed E-state index contributed by atoms with van der Waals surface area (Å²) >= 11 is 0. The highest BCUT2D eigenvalue weighted by molar-refractivity contribution is 5.91. The summed E-state index contributed by atoms with van der Waals surface area (Å²) < 4.78 is 1.82. The summed E-state index contributed by atoms with van der Waals surface area (Å²) in [4.78, 5) is 10.5. The van der Waals surface area contributed by atoms with Crippen LogP contribution >= 0.6 is 0 Å². The van der Waals surface area contributed by atoms with Gasteiger partial charge in [0.15, 0.2) is 0 Å². The number of aromatic hydroxyl groups is 2. The first-order valence-corrected chi connectivity index (χ1v) is 5.68. The number of aromatic nitrogens is 1. The molecule has 0 radical (unpaired) electrons. The number of hydrogen-bond donors (Lipinski definition) is 3. The summed E-state index contributed by atoms with van der Waals surface area (Å²) in [5.41, 5.74) is 5.58. The molecule has 0 aliphatic carbocycles. The van der Waals surface area contributed by atoms with Gasteiger partial charge in [-0.3, -0.25) is 0 Å². The molecular weight excluding hydrogens is 248 g/mol. The minimum Gasteiger partial charge on any atom is -0.506 e. The van der Waals surface area contributed by atoms with Crippen molar-refractivity contribution in [3.8, 4) is 11.5 Å². The zero-order valence-electron chi connectivity index (χ0n) is 10.5. The van der Waals surface area contributed by atoms with E-state index in [1.165, 1.54) is 12.1 Å². The van der Waals surface area contributed by atoms with Gasteiger partial charge < -0.3 is 20.5 Å². The number of primary amides is 1. The number of nitrogens with zero attached hydrogens (tertiary/aromatic N) is 3. The van der Waals surface area contributed by atoms with Crippen molar-refractivity contribution in [1.29, 1.82) is 0 Å². The third kappa shape index (κ3) is 2.35. The van der Waals surface area contributed by atoms with Gasteiger partial charge in [-0.05, 0) is 19.9 Å². The van der Waals surface area contributed by atoms with Gasteiger partial charge in [-0.25, -0.2) is 4.79 Å². The van der Waals surface area contributed by atoms with Crippen molar-refractivity contribution in [2.24, 2.45) is 16.0 Å². The van der Waals surface area contributed by atoms with E-state index in [1.54, 1.807) is 6.20 Å². The molecule has 7 nitrogen and oxygen atoms in total. The first-order chi connectivity index (χ1) is 8.90. The zero-order chi connectivity index (χ0) is 14.2. The molecule has 0 bridgehead atoms. The number of nitrogens with two attached hydrogens (primary N) is 1. The summed E-state index contributed by atoms with van der Waals surface area (Å²) in [6, 6.07) is 2.08. The van der Waals surface area contributed by atoms with Crippen LogP contribution in [-0.4, -0.2) is 20.8 Å². The second-order valence-corrected chi connectivity index (χ2v) is 4.41. The predicted molar refractivity (Wildman–Crippen MR) is 69.8 cm³/mol. The highest BCUT2D eigenvalue weighted by atomic mass is 16.3. The number of hydrogen-bond acceptors (Lipinski definition) is 4. The van der Waals surface area contributed by atoms with Crippen molar-refractivity contribution in [3.05, 3.63) is 18.3 Å². The van der Waals surface area contributed by atoms with E-state index in [0.29, 0.717) is 10.9 Å². The fourth-order valence-corrected chi connectivity index (χ4v) is 1.87. The summed E-state index contributed by atoms with van der Waals surface area (Å²) in [5.74, 6) is -0.0725. The molecule has 1 aromatic heterocycles. The van der Waals surface area contributed by atoms with Crippen LogP contribution < -0.4 is 5.73 Å². The zero-order valence-corrected chi connectivity index (χ0v) is 10.5. The average Bonchev–Trinajstić information content (AvgIpc) is 2.63. The van der Waals surface area contributed by atoms with E-state index in [9.17, 15) is 15.0 Å². The molecule has 0 atom stereocenters. The van der Waals surface area contributed by atoms with Gasteiger partial charge in [0.05, 0.1) is 5.52 Å². The maximum atomic E-state index is 10.5. The molecule has 19 heavy (non-hydrogen) atoms. The number of phenolic OH excluding ortho intramolecular Hbond substituents is 1. The Morgan fingerprint density at radius 3 is 2.58 bits per heavy atom. The van der Waals surface area contributed by atoms with Crippen LogP contribution in [0.25, 0.3) is 10.9 Å². The molecule has 2 amide bonds. The van der Waals surface area contributed by atoms with Gasteiger partial charge in [0.1, 0.15) is 17.2 Å². The van der Waals surface area contributed by atoms with Crippen LogP contribution in [-0.2, 0) is 0 Å². The second kappa shape index (κ2) is 4.60. The molecule has 4 N–H and O–H groups in total. The molecule has 0 unspecified atom stereocenters.